The van der Waals surface area contributed by atoms with Crippen LogP contribution in [0.4, 0.5) is 5.69 Å². The third kappa shape index (κ3) is 6.62. The minimum absolute atomic E-state index is 0.0337. The number of amides is 2. The van der Waals surface area contributed by atoms with Gasteiger partial charge in [-0.05, 0) is 24.1 Å². The van der Waals surface area contributed by atoms with Crippen LogP contribution in [0.15, 0.2) is 24.3 Å². The molecule has 1 heterocycles. The van der Waals surface area contributed by atoms with Gasteiger partial charge in [-0.15, -0.1) is 0 Å². The Balaban J connectivity index is 1.72. The summed E-state index contributed by atoms with van der Waals surface area (Å²) in [5, 5.41) is 9.17. The molecule has 2 amide bonds. The normalized spacial score (nSPS) is 17.5. The Morgan fingerprint density at radius 2 is 2.04 bits per heavy atom. The van der Waals surface area contributed by atoms with Crippen LogP contribution in [0.1, 0.15) is 31.7 Å². The molecule has 0 aromatic heterocycles. The molecule has 1 aromatic rings. The summed E-state index contributed by atoms with van der Waals surface area (Å²) < 4.78 is 0. The fraction of sp³-hybridized carbons (Fsp3) is 0.529. The smallest absolute Gasteiger partial charge is 0.224 e. The first-order valence-corrected chi connectivity index (χ1v) is 9.29. The molecule has 0 saturated carbocycles. The molecule has 0 aliphatic carbocycles. The average molecular weight is 335 g/mol. The average Bonchev–Trinajstić information content (AvgIpc) is 2.55. The summed E-state index contributed by atoms with van der Waals surface area (Å²) in [4.78, 5) is 23.5. The summed E-state index contributed by atoms with van der Waals surface area (Å²) in [6, 6.07) is 7.88. The summed E-state index contributed by atoms with van der Waals surface area (Å²) in [5.41, 5.74) is 1.82. The third-order valence-corrected chi connectivity index (χ3v) is 4.77. The van der Waals surface area contributed by atoms with Crippen LogP contribution in [-0.4, -0.2) is 35.9 Å². The fourth-order valence-electron chi connectivity index (χ4n) is 2.40. The summed E-state index contributed by atoms with van der Waals surface area (Å²) in [6.45, 7) is 3.47. The molecule has 0 spiro atoms. The Morgan fingerprint density at radius 1 is 1.26 bits per heavy atom. The predicted molar refractivity (Wildman–Crippen MR) is 95.6 cm³/mol. The lowest BCUT2D eigenvalue weighted by atomic mass is 10.2. The van der Waals surface area contributed by atoms with Gasteiger partial charge in [0.15, 0.2) is 0 Å². The van der Waals surface area contributed by atoms with Gasteiger partial charge in [-0.3, -0.25) is 9.59 Å². The van der Waals surface area contributed by atoms with E-state index in [-0.39, 0.29) is 17.9 Å². The molecule has 23 heavy (non-hydrogen) atoms. The van der Waals surface area contributed by atoms with Crippen molar-refractivity contribution >= 4 is 29.3 Å². The van der Waals surface area contributed by atoms with Crippen molar-refractivity contribution in [1.82, 2.24) is 10.6 Å². The van der Waals surface area contributed by atoms with Crippen molar-refractivity contribution in [2.24, 2.45) is 0 Å². The van der Waals surface area contributed by atoms with Gasteiger partial charge in [0.05, 0.1) is 0 Å². The summed E-state index contributed by atoms with van der Waals surface area (Å²) >= 11 is 1.89. The molecule has 1 unspecified atom stereocenters. The third-order valence-electron chi connectivity index (χ3n) is 3.63. The Morgan fingerprint density at radius 3 is 2.70 bits per heavy atom. The van der Waals surface area contributed by atoms with Crippen molar-refractivity contribution in [3.63, 3.8) is 0 Å². The van der Waals surface area contributed by atoms with Gasteiger partial charge in [-0.25, -0.2) is 0 Å². The van der Waals surface area contributed by atoms with Crippen molar-refractivity contribution in [3.8, 4) is 0 Å². The van der Waals surface area contributed by atoms with Gasteiger partial charge < -0.3 is 16.0 Å². The van der Waals surface area contributed by atoms with E-state index in [0.29, 0.717) is 19.4 Å². The first-order chi connectivity index (χ1) is 11.2. The van der Waals surface area contributed by atoms with Crippen molar-refractivity contribution in [1.29, 1.82) is 0 Å². The van der Waals surface area contributed by atoms with Gasteiger partial charge in [-0.2, -0.15) is 11.8 Å². The highest BCUT2D eigenvalue weighted by molar-refractivity contribution is 7.99. The topological polar surface area (TPSA) is 70.2 Å². The number of carbonyl (C=O) groups excluding carboxylic acids is 2. The van der Waals surface area contributed by atoms with Gasteiger partial charge in [0, 0.05) is 49.2 Å². The van der Waals surface area contributed by atoms with E-state index in [1.807, 2.05) is 43.0 Å². The van der Waals surface area contributed by atoms with Crippen molar-refractivity contribution in [2.45, 2.75) is 38.8 Å². The van der Waals surface area contributed by atoms with Crippen LogP contribution in [-0.2, 0) is 16.1 Å². The first kappa shape index (κ1) is 17.8. The number of carbonyl (C=O) groups is 2. The van der Waals surface area contributed by atoms with E-state index in [4.69, 9.17) is 0 Å². The highest BCUT2D eigenvalue weighted by atomic mass is 32.2. The lowest BCUT2D eigenvalue weighted by Gasteiger charge is -2.22. The molecule has 126 valence electrons. The lowest BCUT2D eigenvalue weighted by molar-refractivity contribution is -0.121. The molecule has 0 bridgehead atoms. The number of hydrogen-bond donors (Lipinski definition) is 3. The molecule has 1 atom stereocenters. The van der Waals surface area contributed by atoms with Gasteiger partial charge in [-0.1, -0.05) is 19.1 Å². The van der Waals surface area contributed by atoms with Crippen molar-refractivity contribution in [3.05, 3.63) is 29.8 Å². The van der Waals surface area contributed by atoms with Gasteiger partial charge in [0.25, 0.3) is 0 Å². The van der Waals surface area contributed by atoms with Crippen LogP contribution in [0.25, 0.3) is 0 Å². The van der Waals surface area contributed by atoms with E-state index in [1.54, 1.807) is 0 Å². The molecule has 1 aliphatic heterocycles. The van der Waals surface area contributed by atoms with Crippen LogP contribution in [0.5, 0.6) is 0 Å². The maximum Gasteiger partial charge on any atom is 0.224 e. The Bertz CT molecular complexity index is 513. The maximum atomic E-state index is 12.0. The number of rotatable bonds is 7. The number of benzene rings is 1. The zero-order valence-electron chi connectivity index (χ0n) is 13.6. The van der Waals surface area contributed by atoms with Crippen LogP contribution in [0.3, 0.4) is 0 Å². The van der Waals surface area contributed by atoms with Gasteiger partial charge in [0.1, 0.15) is 0 Å². The standard InChI is InChI=1S/C17H25N3O2S/c1-2-3-16(21)20-14-6-4-13(5-7-14)11-19-17(22)10-15-12-23-9-8-18-15/h4-7,15,18H,2-3,8-12H2,1H3,(H,19,22)(H,20,21). The van der Waals surface area contributed by atoms with Gasteiger partial charge in [0.2, 0.25) is 11.8 Å². The molecule has 6 heteroatoms. The molecule has 2 rings (SSSR count). The van der Waals surface area contributed by atoms with Gasteiger partial charge >= 0.3 is 0 Å². The molecular formula is C17H25N3O2S. The second kappa shape index (κ2) is 9.57. The molecule has 5 nitrogen and oxygen atoms in total. The van der Waals surface area contributed by atoms with Crippen LogP contribution >= 0.6 is 11.8 Å². The Hall–Kier alpha value is -1.53. The molecular weight excluding hydrogens is 310 g/mol. The highest BCUT2D eigenvalue weighted by Crippen LogP contribution is 2.12. The molecule has 1 saturated heterocycles. The zero-order valence-corrected chi connectivity index (χ0v) is 14.4. The van der Waals surface area contributed by atoms with E-state index in [2.05, 4.69) is 16.0 Å². The predicted octanol–water partition coefficient (Wildman–Crippen LogP) is 2.14. The van der Waals surface area contributed by atoms with E-state index < -0.39 is 0 Å². The van der Waals surface area contributed by atoms with Crippen molar-refractivity contribution in [2.75, 3.05) is 23.4 Å². The Labute approximate surface area is 142 Å². The minimum Gasteiger partial charge on any atom is -0.352 e. The highest BCUT2D eigenvalue weighted by Gasteiger charge is 2.16. The molecule has 1 aromatic carbocycles. The molecule has 1 aliphatic rings. The van der Waals surface area contributed by atoms with Crippen LogP contribution in [0.2, 0.25) is 0 Å². The second-order valence-electron chi connectivity index (χ2n) is 5.70. The van der Waals surface area contributed by atoms with Crippen LogP contribution < -0.4 is 16.0 Å². The summed E-state index contributed by atoms with van der Waals surface area (Å²) in [6.07, 6.45) is 1.90. The fourth-order valence-corrected chi connectivity index (χ4v) is 3.35. The number of thioether (sulfide) groups is 1. The minimum atomic E-state index is 0.0337. The summed E-state index contributed by atoms with van der Waals surface area (Å²) in [7, 11) is 0. The molecule has 3 N–H and O–H groups in total. The number of hydrogen-bond acceptors (Lipinski definition) is 4. The SMILES string of the molecule is CCCC(=O)Nc1ccc(CNC(=O)CC2CSCCN2)cc1. The quantitative estimate of drug-likeness (QED) is 0.714. The number of anilines is 1. The summed E-state index contributed by atoms with van der Waals surface area (Å²) in [5.74, 6) is 2.23. The van der Waals surface area contributed by atoms with E-state index in [1.165, 1.54) is 0 Å². The van der Waals surface area contributed by atoms with E-state index in [9.17, 15) is 9.59 Å². The second-order valence-corrected chi connectivity index (χ2v) is 6.85. The largest absolute Gasteiger partial charge is 0.352 e. The molecule has 0 radical (unpaired) electrons. The number of nitrogens with one attached hydrogen (secondary N) is 3. The zero-order chi connectivity index (χ0) is 16.5. The first-order valence-electron chi connectivity index (χ1n) is 8.14. The van der Waals surface area contributed by atoms with Crippen molar-refractivity contribution < 1.29 is 9.59 Å². The Kier molecular flexibility index (Phi) is 7.42. The van der Waals surface area contributed by atoms with Crippen LogP contribution in [0, 0.1) is 0 Å². The molecule has 1 fully saturated rings. The van der Waals surface area contributed by atoms with E-state index in [0.717, 1.165) is 35.7 Å². The lowest BCUT2D eigenvalue weighted by Crippen LogP contribution is -2.41. The maximum absolute atomic E-state index is 12.0. The van der Waals surface area contributed by atoms with E-state index >= 15 is 0 Å². The monoisotopic (exact) mass is 335 g/mol.